The van der Waals surface area contributed by atoms with Gasteiger partial charge >= 0.3 is 5.97 Å². The van der Waals surface area contributed by atoms with Gasteiger partial charge in [0.05, 0.1) is 5.75 Å². The second-order valence-electron chi connectivity index (χ2n) is 5.10. The molecular weight excluding hydrogens is 254 g/mol. The summed E-state index contributed by atoms with van der Waals surface area (Å²) in [5, 5.41) is 9.23. The zero-order chi connectivity index (χ0) is 13.3. The summed E-state index contributed by atoms with van der Waals surface area (Å²) in [6.45, 7) is 3.44. The number of hydrogen-bond donors (Lipinski definition) is 1. The summed E-state index contributed by atoms with van der Waals surface area (Å²) in [4.78, 5) is 11.3. The number of nitrogens with zero attached hydrogens (tertiary/aromatic N) is 1. The zero-order valence-electron chi connectivity index (χ0n) is 10.3. The van der Waals surface area contributed by atoms with Gasteiger partial charge in [0.25, 0.3) is 0 Å². The summed E-state index contributed by atoms with van der Waals surface area (Å²) >= 11 is 0. The fourth-order valence-corrected chi connectivity index (χ4v) is 4.99. The van der Waals surface area contributed by atoms with Crippen LogP contribution in [0.25, 0.3) is 0 Å². The number of carboxylic acids is 1. The highest BCUT2D eigenvalue weighted by atomic mass is 32.2. The van der Waals surface area contributed by atoms with Gasteiger partial charge in [0.2, 0.25) is 10.0 Å². The molecule has 0 aromatic carbocycles. The number of hydrogen-bond acceptors (Lipinski definition) is 3. The van der Waals surface area contributed by atoms with Gasteiger partial charge in [-0.05, 0) is 25.2 Å². The van der Waals surface area contributed by atoms with Gasteiger partial charge in [-0.1, -0.05) is 18.9 Å². The van der Waals surface area contributed by atoms with E-state index in [1.54, 1.807) is 0 Å². The van der Waals surface area contributed by atoms with Crippen LogP contribution in [0, 0.1) is 5.92 Å². The van der Waals surface area contributed by atoms with Crippen LogP contribution in [-0.2, 0) is 14.8 Å². The Balaban J connectivity index is 2.33. The minimum Gasteiger partial charge on any atom is -0.480 e. The van der Waals surface area contributed by atoms with E-state index in [2.05, 4.69) is 6.58 Å². The van der Waals surface area contributed by atoms with E-state index in [9.17, 15) is 18.3 Å². The Morgan fingerprint density at radius 2 is 2.06 bits per heavy atom. The predicted octanol–water partition coefficient (Wildman–Crippen LogP) is 1.22. The minimum absolute atomic E-state index is 0.121. The third kappa shape index (κ3) is 2.31. The second kappa shape index (κ2) is 5.01. The third-order valence-electron chi connectivity index (χ3n) is 3.96. The van der Waals surface area contributed by atoms with Crippen LogP contribution >= 0.6 is 0 Å². The summed E-state index contributed by atoms with van der Waals surface area (Å²) in [7, 11) is -3.54. The van der Waals surface area contributed by atoms with Gasteiger partial charge in [0.15, 0.2) is 0 Å². The fourth-order valence-electron chi connectivity index (χ4n) is 3.26. The minimum atomic E-state index is -3.54. The average Bonchev–Trinajstić information content (AvgIpc) is 2.68. The number of carboxylic acid groups (broad SMARTS) is 1. The molecule has 0 amide bonds. The van der Waals surface area contributed by atoms with Crippen LogP contribution in [0.4, 0.5) is 0 Å². The fraction of sp³-hybridized carbons (Fsp3) is 0.750. The molecule has 0 bridgehead atoms. The third-order valence-corrected chi connectivity index (χ3v) is 5.79. The molecule has 2 aliphatic rings. The molecule has 3 atom stereocenters. The van der Waals surface area contributed by atoms with Crippen molar-refractivity contribution in [2.75, 3.05) is 5.75 Å². The van der Waals surface area contributed by atoms with Gasteiger partial charge in [-0.3, -0.25) is 4.79 Å². The lowest BCUT2D eigenvalue weighted by Gasteiger charge is -2.31. The van der Waals surface area contributed by atoms with Crippen molar-refractivity contribution in [3.63, 3.8) is 0 Å². The standard InChI is InChI=1S/C12H19NO4S/c1-2-7-18(16,17)13-10-6-4-3-5-9(10)8-11(13)12(14)15/h2,9-11H,1,3-8H2,(H,14,15). The first-order valence-corrected chi connectivity index (χ1v) is 7.93. The lowest BCUT2D eigenvalue weighted by atomic mass is 9.85. The summed E-state index contributed by atoms with van der Waals surface area (Å²) in [6.07, 6.45) is 5.55. The van der Waals surface area contributed by atoms with Gasteiger partial charge < -0.3 is 5.11 Å². The maximum Gasteiger partial charge on any atom is 0.322 e. The molecule has 0 radical (unpaired) electrons. The van der Waals surface area contributed by atoms with Crippen molar-refractivity contribution in [2.24, 2.45) is 5.92 Å². The molecule has 1 aliphatic carbocycles. The number of aliphatic carboxylic acids is 1. The molecule has 0 aromatic heterocycles. The molecule has 2 fully saturated rings. The van der Waals surface area contributed by atoms with E-state index in [4.69, 9.17) is 0 Å². The van der Waals surface area contributed by atoms with E-state index in [1.807, 2.05) is 0 Å². The van der Waals surface area contributed by atoms with Crippen molar-refractivity contribution in [3.05, 3.63) is 12.7 Å². The average molecular weight is 273 g/mol. The normalized spacial score (nSPS) is 33.0. The Labute approximate surface area is 108 Å². The SMILES string of the molecule is C=CCS(=O)(=O)N1C(C(=O)O)CC2CCCCC21. The monoisotopic (exact) mass is 273 g/mol. The Kier molecular flexibility index (Phi) is 3.77. The Morgan fingerprint density at radius 1 is 1.39 bits per heavy atom. The second-order valence-corrected chi connectivity index (χ2v) is 7.02. The quantitative estimate of drug-likeness (QED) is 0.781. The van der Waals surface area contributed by atoms with E-state index in [0.29, 0.717) is 6.42 Å². The molecule has 0 aromatic rings. The van der Waals surface area contributed by atoms with Gasteiger partial charge in [-0.25, -0.2) is 8.42 Å². The molecular formula is C12H19NO4S. The molecule has 6 heteroatoms. The summed E-state index contributed by atoms with van der Waals surface area (Å²) in [5.74, 6) is -1.00. The van der Waals surface area contributed by atoms with Crippen LogP contribution in [0.2, 0.25) is 0 Å². The molecule has 5 nitrogen and oxygen atoms in total. The Morgan fingerprint density at radius 3 is 2.67 bits per heavy atom. The van der Waals surface area contributed by atoms with E-state index in [-0.39, 0.29) is 17.7 Å². The predicted molar refractivity (Wildman–Crippen MR) is 67.6 cm³/mol. The van der Waals surface area contributed by atoms with Crippen molar-refractivity contribution >= 4 is 16.0 Å². The molecule has 102 valence electrons. The molecule has 1 heterocycles. The van der Waals surface area contributed by atoms with Crippen molar-refractivity contribution < 1.29 is 18.3 Å². The number of carbonyl (C=O) groups is 1. The van der Waals surface area contributed by atoms with E-state index >= 15 is 0 Å². The molecule has 0 spiro atoms. The van der Waals surface area contributed by atoms with Gasteiger partial charge in [0.1, 0.15) is 6.04 Å². The van der Waals surface area contributed by atoms with Crippen LogP contribution in [0.1, 0.15) is 32.1 Å². The summed E-state index contributed by atoms with van der Waals surface area (Å²) < 4.78 is 25.6. The molecule has 3 unspecified atom stereocenters. The highest BCUT2D eigenvalue weighted by Gasteiger charge is 2.50. The zero-order valence-corrected chi connectivity index (χ0v) is 11.1. The molecule has 1 aliphatic heterocycles. The first-order chi connectivity index (χ1) is 8.47. The maximum atomic E-state index is 12.2. The number of sulfonamides is 1. The molecule has 1 saturated carbocycles. The van der Waals surface area contributed by atoms with Crippen LogP contribution in [0.5, 0.6) is 0 Å². The lowest BCUT2D eigenvalue weighted by Crippen LogP contribution is -2.46. The van der Waals surface area contributed by atoms with E-state index in [0.717, 1.165) is 25.7 Å². The van der Waals surface area contributed by atoms with E-state index in [1.165, 1.54) is 10.4 Å². The van der Waals surface area contributed by atoms with Crippen molar-refractivity contribution in [3.8, 4) is 0 Å². The van der Waals surface area contributed by atoms with Crippen molar-refractivity contribution in [2.45, 2.75) is 44.2 Å². The molecule has 1 N–H and O–H groups in total. The maximum absolute atomic E-state index is 12.2. The van der Waals surface area contributed by atoms with Gasteiger partial charge in [-0.2, -0.15) is 4.31 Å². The Hall–Kier alpha value is -0.880. The number of fused-ring (bicyclic) bond motifs is 1. The highest BCUT2D eigenvalue weighted by Crippen LogP contribution is 2.41. The highest BCUT2D eigenvalue weighted by molar-refractivity contribution is 7.89. The smallest absolute Gasteiger partial charge is 0.322 e. The first-order valence-electron chi connectivity index (χ1n) is 6.32. The van der Waals surface area contributed by atoms with Crippen LogP contribution in [0.3, 0.4) is 0 Å². The largest absolute Gasteiger partial charge is 0.480 e. The summed E-state index contributed by atoms with van der Waals surface area (Å²) in [6, 6.07) is -1.01. The lowest BCUT2D eigenvalue weighted by molar-refractivity contribution is -0.140. The van der Waals surface area contributed by atoms with Crippen LogP contribution < -0.4 is 0 Å². The first kappa shape index (κ1) is 13.5. The number of rotatable bonds is 4. The van der Waals surface area contributed by atoms with Crippen molar-refractivity contribution in [1.29, 1.82) is 0 Å². The van der Waals surface area contributed by atoms with Crippen molar-refractivity contribution in [1.82, 2.24) is 4.31 Å². The molecule has 2 rings (SSSR count). The topological polar surface area (TPSA) is 74.7 Å². The molecule has 18 heavy (non-hydrogen) atoms. The van der Waals surface area contributed by atoms with Crippen LogP contribution in [0.15, 0.2) is 12.7 Å². The van der Waals surface area contributed by atoms with E-state index < -0.39 is 22.0 Å². The Bertz CT molecular complexity index is 445. The molecule has 1 saturated heterocycles. The van der Waals surface area contributed by atoms with Gasteiger partial charge in [0, 0.05) is 6.04 Å². The van der Waals surface area contributed by atoms with Crippen LogP contribution in [-0.4, -0.2) is 41.6 Å². The van der Waals surface area contributed by atoms with Gasteiger partial charge in [-0.15, -0.1) is 6.58 Å². The summed E-state index contributed by atoms with van der Waals surface area (Å²) in [5.41, 5.74) is 0.